The highest BCUT2D eigenvalue weighted by atomic mass is 32.2. The number of methoxy groups -OCH3 is 1. The molecule has 1 amide bonds. The lowest BCUT2D eigenvalue weighted by atomic mass is 10.2. The Hall–Kier alpha value is -2.80. The molecule has 0 aliphatic heterocycles. The van der Waals surface area contributed by atoms with E-state index in [1.165, 1.54) is 6.08 Å². The van der Waals surface area contributed by atoms with Crippen molar-refractivity contribution in [3.8, 4) is 5.75 Å². The average molecular weight is 360 g/mol. The number of carbonyl (C=O) groups is 1. The van der Waals surface area contributed by atoms with Crippen molar-refractivity contribution in [2.75, 3.05) is 18.1 Å². The van der Waals surface area contributed by atoms with Crippen molar-refractivity contribution in [3.05, 3.63) is 65.7 Å². The molecule has 0 saturated carbocycles. The van der Waals surface area contributed by atoms with Crippen LogP contribution in [0.15, 0.2) is 54.6 Å². The van der Waals surface area contributed by atoms with Gasteiger partial charge in [0, 0.05) is 18.3 Å². The third-order valence-electron chi connectivity index (χ3n) is 3.27. The van der Waals surface area contributed by atoms with Gasteiger partial charge < -0.3 is 10.1 Å². The Labute approximate surface area is 147 Å². The van der Waals surface area contributed by atoms with Crippen molar-refractivity contribution < 1.29 is 17.9 Å². The number of hydrogen-bond donors (Lipinski definition) is 2. The van der Waals surface area contributed by atoms with Crippen molar-refractivity contribution in [1.29, 1.82) is 0 Å². The number of anilines is 1. The fourth-order valence-electron chi connectivity index (χ4n) is 2.04. The molecule has 0 fully saturated rings. The second-order valence-electron chi connectivity index (χ2n) is 5.40. The summed E-state index contributed by atoms with van der Waals surface area (Å²) in [6.45, 7) is 0.421. The molecule has 0 heterocycles. The molecule has 2 aromatic rings. The fraction of sp³-hybridized carbons (Fsp3) is 0.167. The highest BCUT2D eigenvalue weighted by molar-refractivity contribution is 7.92. The highest BCUT2D eigenvalue weighted by Gasteiger charge is 2.01. The smallest absolute Gasteiger partial charge is 0.244 e. The predicted octanol–water partition coefficient (Wildman–Crippen LogP) is 2.40. The van der Waals surface area contributed by atoms with Gasteiger partial charge in [0.15, 0.2) is 0 Å². The normalized spacial score (nSPS) is 11.3. The number of nitrogens with one attached hydrogen (secondary N) is 2. The largest absolute Gasteiger partial charge is 0.497 e. The Balaban J connectivity index is 1.86. The molecule has 0 atom stereocenters. The molecular weight excluding hydrogens is 340 g/mol. The molecule has 0 spiro atoms. The Kier molecular flexibility index (Phi) is 6.19. The lowest BCUT2D eigenvalue weighted by Gasteiger charge is -2.05. The van der Waals surface area contributed by atoms with E-state index in [-0.39, 0.29) is 5.91 Å². The lowest BCUT2D eigenvalue weighted by Crippen LogP contribution is -2.20. The van der Waals surface area contributed by atoms with Gasteiger partial charge in [-0.1, -0.05) is 24.3 Å². The van der Waals surface area contributed by atoms with E-state index in [2.05, 4.69) is 10.0 Å². The minimum absolute atomic E-state index is 0.214. The maximum absolute atomic E-state index is 11.9. The van der Waals surface area contributed by atoms with Crippen LogP contribution >= 0.6 is 0 Å². The first-order chi connectivity index (χ1) is 11.9. The summed E-state index contributed by atoms with van der Waals surface area (Å²) in [5, 5.41) is 2.79. The Morgan fingerprint density at radius 2 is 1.72 bits per heavy atom. The third-order valence-corrected chi connectivity index (χ3v) is 3.87. The van der Waals surface area contributed by atoms with Crippen LogP contribution in [0.4, 0.5) is 5.69 Å². The molecule has 6 nitrogen and oxygen atoms in total. The van der Waals surface area contributed by atoms with E-state index in [1.807, 2.05) is 24.3 Å². The van der Waals surface area contributed by atoms with Gasteiger partial charge in [-0.15, -0.1) is 0 Å². The highest BCUT2D eigenvalue weighted by Crippen LogP contribution is 2.12. The van der Waals surface area contributed by atoms with Crippen LogP contribution in [0.25, 0.3) is 6.08 Å². The zero-order chi connectivity index (χ0) is 18.3. The first-order valence-corrected chi connectivity index (χ1v) is 9.41. The predicted molar refractivity (Wildman–Crippen MR) is 98.8 cm³/mol. The van der Waals surface area contributed by atoms with E-state index in [0.717, 1.165) is 23.1 Å². The maximum Gasteiger partial charge on any atom is 0.244 e. The van der Waals surface area contributed by atoms with Crippen molar-refractivity contribution in [2.24, 2.45) is 0 Å². The van der Waals surface area contributed by atoms with E-state index in [0.29, 0.717) is 12.2 Å². The maximum atomic E-state index is 11.9. The summed E-state index contributed by atoms with van der Waals surface area (Å²) in [6, 6.07) is 14.2. The number of carbonyl (C=O) groups excluding carboxylic acids is 1. The number of amides is 1. The summed E-state index contributed by atoms with van der Waals surface area (Å²) in [5.41, 5.74) is 2.24. The Bertz CT molecular complexity index is 842. The summed E-state index contributed by atoms with van der Waals surface area (Å²) in [7, 11) is -1.69. The molecule has 2 N–H and O–H groups in total. The monoisotopic (exact) mass is 360 g/mol. The van der Waals surface area contributed by atoms with Gasteiger partial charge in [0.2, 0.25) is 15.9 Å². The number of hydrogen-bond acceptors (Lipinski definition) is 4. The molecule has 132 valence electrons. The lowest BCUT2D eigenvalue weighted by molar-refractivity contribution is -0.116. The van der Waals surface area contributed by atoms with Crippen LogP contribution < -0.4 is 14.8 Å². The molecule has 25 heavy (non-hydrogen) atoms. The molecule has 0 aliphatic rings. The molecule has 0 unspecified atom stereocenters. The first kappa shape index (κ1) is 18.5. The minimum Gasteiger partial charge on any atom is -0.497 e. The molecule has 0 aliphatic carbocycles. The number of benzene rings is 2. The minimum atomic E-state index is -3.29. The van der Waals surface area contributed by atoms with E-state index in [4.69, 9.17) is 4.74 Å². The van der Waals surface area contributed by atoms with Gasteiger partial charge >= 0.3 is 0 Å². The summed E-state index contributed by atoms with van der Waals surface area (Å²) >= 11 is 0. The molecule has 0 radical (unpaired) electrons. The van der Waals surface area contributed by atoms with Crippen LogP contribution in [0.3, 0.4) is 0 Å². The summed E-state index contributed by atoms with van der Waals surface area (Å²) in [6.07, 6.45) is 4.18. The van der Waals surface area contributed by atoms with Crippen molar-refractivity contribution in [3.63, 3.8) is 0 Å². The molecule has 0 bridgehead atoms. The molecule has 2 aromatic carbocycles. The van der Waals surface area contributed by atoms with Crippen LogP contribution in [0.1, 0.15) is 11.1 Å². The first-order valence-electron chi connectivity index (χ1n) is 7.52. The van der Waals surface area contributed by atoms with Crippen LogP contribution in [0, 0.1) is 0 Å². The topological polar surface area (TPSA) is 84.5 Å². The van der Waals surface area contributed by atoms with Gasteiger partial charge in [-0.3, -0.25) is 9.52 Å². The van der Waals surface area contributed by atoms with Gasteiger partial charge in [-0.2, -0.15) is 0 Å². The van der Waals surface area contributed by atoms with Crippen LogP contribution in [-0.4, -0.2) is 27.7 Å². The van der Waals surface area contributed by atoms with Gasteiger partial charge in [0.25, 0.3) is 0 Å². The second kappa shape index (κ2) is 8.34. The van der Waals surface area contributed by atoms with Crippen molar-refractivity contribution in [2.45, 2.75) is 6.54 Å². The molecule has 7 heteroatoms. The Morgan fingerprint density at radius 3 is 2.28 bits per heavy atom. The van der Waals surface area contributed by atoms with E-state index in [1.54, 1.807) is 37.5 Å². The van der Waals surface area contributed by atoms with E-state index in [9.17, 15) is 13.2 Å². The SMILES string of the molecule is COc1ccc(CNC(=O)/C=C/c2ccc(NS(C)(=O)=O)cc2)cc1. The molecular formula is C18H20N2O4S. The second-order valence-corrected chi connectivity index (χ2v) is 7.14. The van der Waals surface area contributed by atoms with Gasteiger partial charge in [0.05, 0.1) is 13.4 Å². The third kappa shape index (κ3) is 6.68. The Morgan fingerprint density at radius 1 is 1.08 bits per heavy atom. The standard InChI is InChI=1S/C18H20N2O4S/c1-24-17-10-5-15(6-11-17)13-19-18(21)12-7-14-3-8-16(9-4-14)20-25(2,22)23/h3-12,20H,13H2,1-2H3,(H,19,21)/b12-7+. The molecule has 2 rings (SSSR count). The fourth-order valence-corrected chi connectivity index (χ4v) is 2.60. The van der Waals surface area contributed by atoms with Gasteiger partial charge in [0.1, 0.15) is 5.75 Å². The summed E-state index contributed by atoms with van der Waals surface area (Å²) in [5.74, 6) is 0.554. The number of sulfonamides is 1. The van der Waals surface area contributed by atoms with E-state index >= 15 is 0 Å². The molecule has 0 aromatic heterocycles. The zero-order valence-corrected chi connectivity index (χ0v) is 14.8. The summed E-state index contributed by atoms with van der Waals surface area (Å²) in [4.78, 5) is 11.9. The van der Waals surface area contributed by atoms with Gasteiger partial charge in [-0.05, 0) is 41.5 Å². The van der Waals surface area contributed by atoms with Crippen LogP contribution in [0.5, 0.6) is 5.75 Å². The van der Waals surface area contributed by atoms with Gasteiger partial charge in [-0.25, -0.2) is 8.42 Å². The quantitative estimate of drug-likeness (QED) is 0.743. The van der Waals surface area contributed by atoms with Crippen LogP contribution in [-0.2, 0) is 21.4 Å². The average Bonchev–Trinajstić information content (AvgIpc) is 2.58. The van der Waals surface area contributed by atoms with Crippen molar-refractivity contribution in [1.82, 2.24) is 5.32 Å². The zero-order valence-electron chi connectivity index (χ0n) is 14.0. The molecule has 0 saturated heterocycles. The number of ether oxygens (including phenoxy) is 1. The van der Waals surface area contributed by atoms with E-state index < -0.39 is 10.0 Å². The van der Waals surface area contributed by atoms with Crippen LogP contribution in [0.2, 0.25) is 0 Å². The summed E-state index contributed by atoms with van der Waals surface area (Å²) < 4.78 is 29.7. The number of rotatable bonds is 7. The van der Waals surface area contributed by atoms with Crippen molar-refractivity contribution >= 4 is 27.7 Å².